The number of nitrogens with zero attached hydrogens (tertiary/aromatic N) is 1. The summed E-state index contributed by atoms with van der Waals surface area (Å²) in [6.45, 7) is 17.8. The summed E-state index contributed by atoms with van der Waals surface area (Å²) in [6.07, 6.45) is 11.3. The summed E-state index contributed by atoms with van der Waals surface area (Å²) in [7, 11) is 0. The number of aromatic nitrogens is 1. The maximum atomic E-state index is 15.4. The maximum Gasteiger partial charge on any atom is 0.416 e. The zero-order valence-corrected chi connectivity index (χ0v) is 39.6. The predicted molar refractivity (Wildman–Crippen MR) is 258 cm³/mol. The first-order chi connectivity index (χ1) is 30.2. The molecule has 1 heterocycles. The van der Waals surface area contributed by atoms with Crippen LogP contribution in [0.2, 0.25) is 0 Å². The number of pyridine rings is 1. The van der Waals surface area contributed by atoms with E-state index in [2.05, 4.69) is 114 Å². The van der Waals surface area contributed by atoms with Gasteiger partial charge in [0.05, 0.1) is 17.0 Å². The van der Waals surface area contributed by atoms with Crippen LogP contribution in [0.3, 0.4) is 0 Å². The Morgan fingerprint density at radius 3 is 1.08 bits per heavy atom. The summed E-state index contributed by atoms with van der Waals surface area (Å²) < 4.78 is 46.1. The average Bonchev–Trinajstić information content (AvgIpc) is 3.21. The van der Waals surface area contributed by atoms with Crippen molar-refractivity contribution in [3.05, 3.63) is 124 Å². The van der Waals surface area contributed by atoms with Gasteiger partial charge in [-0.05, 0) is 217 Å². The van der Waals surface area contributed by atoms with E-state index in [-0.39, 0.29) is 21.7 Å². The fourth-order valence-corrected chi connectivity index (χ4v) is 15.2. The molecule has 1 aromatic heterocycles. The van der Waals surface area contributed by atoms with Crippen molar-refractivity contribution >= 4 is 0 Å². The lowest BCUT2D eigenvalue weighted by atomic mass is 9.48. The van der Waals surface area contributed by atoms with Crippen LogP contribution in [0.1, 0.15) is 158 Å². The van der Waals surface area contributed by atoms with Gasteiger partial charge in [-0.1, -0.05) is 113 Å². The highest BCUT2D eigenvalue weighted by atomic mass is 19.4. The molecule has 0 spiro atoms. The predicted octanol–water partition coefficient (Wildman–Crippen LogP) is 16.9. The molecule has 4 heteroatoms. The summed E-state index contributed by atoms with van der Waals surface area (Å²) in [6, 6.07) is 29.7. The summed E-state index contributed by atoms with van der Waals surface area (Å²) in [5.41, 5.74) is 13.3. The number of hydrogen-bond donors (Lipinski definition) is 0. The van der Waals surface area contributed by atoms with E-state index < -0.39 is 11.7 Å². The van der Waals surface area contributed by atoms with Crippen molar-refractivity contribution < 1.29 is 13.2 Å². The van der Waals surface area contributed by atoms with Crippen LogP contribution in [0.25, 0.3) is 44.8 Å². The SMILES string of the molecule is Cc1ccc(-c2cc(C(C)(C)C)cc(C34CC5CC(CC(C5)C3)C4)c2)c(-c2cc(C(F)(F)F)cc(-c3cc(C)ccc3-c3cc(C(C)(C)C)cc(C45CC6CC(CC(C6)C4)C5)c3)n2)c1. The summed E-state index contributed by atoms with van der Waals surface area (Å²) >= 11 is 0. The molecule has 64 heavy (non-hydrogen) atoms. The van der Waals surface area contributed by atoms with Crippen molar-refractivity contribution in [3.63, 3.8) is 0 Å². The van der Waals surface area contributed by atoms with Gasteiger partial charge in [0.15, 0.2) is 0 Å². The molecule has 0 saturated heterocycles. The van der Waals surface area contributed by atoms with Gasteiger partial charge in [-0.3, -0.25) is 0 Å². The van der Waals surface area contributed by atoms with Crippen LogP contribution in [0.4, 0.5) is 13.2 Å². The monoisotopic (exact) mass is 860 g/mol. The van der Waals surface area contributed by atoms with E-state index in [1.54, 1.807) is 0 Å². The Hall–Kier alpha value is -4.18. The van der Waals surface area contributed by atoms with E-state index in [0.29, 0.717) is 11.4 Å². The molecule has 4 aromatic carbocycles. The first kappa shape index (κ1) is 42.5. The molecule has 8 fully saturated rings. The van der Waals surface area contributed by atoms with E-state index in [4.69, 9.17) is 4.98 Å². The molecule has 8 aliphatic rings. The van der Waals surface area contributed by atoms with Crippen molar-refractivity contribution in [2.45, 2.75) is 160 Å². The lowest BCUT2D eigenvalue weighted by Crippen LogP contribution is -2.48. The number of halogens is 3. The van der Waals surface area contributed by atoms with E-state index in [1.165, 1.54) is 111 Å². The highest BCUT2D eigenvalue weighted by molar-refractivity contribution is 5.87. The number of rotatable bonds is 6. The van der Waals surface area contributed by atoms with Crippen LogP contribution in [0, 0.1) is 49.4 Å². The smallest absolute Gasteiger partial charge is 0.248 e. The third-order valence-corrected chi connectivity index (χ3v) is 17.6. The molecular formula is C60H68F3N. The molecule has 0 atom stereocenters. The van der Waals surface area contributed by atoms with Crippen LogP contribution in [-0.2, 0) is 27.8 Å². The molecule has 0 N–H and O–H groups in total. The van der Waals surface area contributed by atoms with Gasteiger partial charge in [0.2, 0.25) is 0 Å². The van der Waals surface area contributed by atoms with Crippen molar-refractivity contribution in [1.29, 1.82) is 0 Å². The average molecular weight is 860 g/mol. The van der Waals surface area contributed by atoms with Crippen LogP contribution < -0.4 is 0 Å². The van der Waals surface area contributed by atoms with Gasteiger partial charge in [-0.25, -0.2) is 4.98 Å². The number of hydrogen-bond acceptors (Lipinski definition) is 1. The molecule has 0 amide bonds. The Morgan fingerprint density at radius 2 is 0.766 bits per heavy atom. The normalized spacial score (nSPS) is 29.5. The Morgan fingerprint density at radius 1 is 0.422 bits per heavy atom. The van der Waals surface area contributed by atoms with Crippen molar-refractivity contribution in [2.75, 3.05) is 0 Å². The molecule has 8 bridgehead atoms. The minimum Gasteiger partial charge on any atom is -0.248 e. The van der Waals surface area contributed by atoms with Gasteiger partial charge in [-0.2, -0.15) is 13.2 Å². The highest BCUT2D eigenvalue weighted by Crippen LogP contribution is 2.63. The Balaban J connectivity index is 1.08. The van der Waals surface area contributed by atoms with Crippen LogP contribution in [0.15, 0.2) is 84.9 Å². The van der Waals surface area contributed by atoms with Crippen molar-refractivity contribution in [3.8, 4) is 44.8 Å². The second-order valence-corrected chi connectivity index (χ2v) is 24.7. The van der Waals surface area contributed by atoms with Crippen LogP contribution in [0.5, 0.6) is 0 Å². The quantitative estimate of drug-likeness (QED) is 0.166. The summed E-state index contributed by atoms with van der Waals surface area (Å²) in [5.74, 6) is 4.84. The van der Waals surface area contributed by atoms with Gasteiger partial charge >= 0.3 is 6.18 Å². The lowest BCUT2D eigenvalue weighted by molar-refractivity contribution is -0.137. The Labute approximate surface area is 381 Å². The third-order valence-electron chi connectivity index (χ3n) is 17.6. The van der Waals surface area contributed by atoms with Gasteiger partial charge in [0.25, 0.3) is 0 Å². The molecule has 5 aromatic rings. The van der Waals surface area contributed by atoms with E-state index in [9.17, 15) is 0 Å². The molecule has 334 valence electrons. The lowest BCUT2D eigenvalue weighted by Gasteiger charge is -2.57. The molecular weight excluding hydrogens is 792 g/mol. The molecule has 0 unspecified atom stereocenters. The van der Waals surface area contributed by atoms with Crippen LogP contribution in [-0.4, -0.2) is 4.98 Å². The van der Waals surface area contributed by atoms with E-state index in [1.807, 2.05) is 13.8 Å². The van der Waals surface area contributed by atoms with Gasteiger partial charge in [-0.15, -0.1) is 0 Å². The first-order valence-electron chi connectivity index (χ1n) is 24.8. The van der Waals surface area contributed by atoms with Crippen LogP contribution >= 0.6 is 0 Å². The Kier molecular flexibility index (Phi) is 9.72. The zero-order valence-electron chi connectivity index (χ0n) is 39.6. The van der Waals surface area contributed by atoms with E-state index >= 15 is 13.2 Å². The van der Waals surface area contributed by atoms with E-state index in [0.717, 1.165) is 80.0 Å². The molecule has 8 saturated carbocycles. The second kappa shape index (κ2) is 14.7. The summed E-state index contributed by atoms with van der Waals surface area (Å²) in [5, 5.41) is 0. The largest absolute Gasteiger partial charge is 0.416 e. The van der Waals surface area contributed by atoms with Crippen molar-refractivity contribution in [1.82, 2.24) is 4.98 Å². The second-order valence-electron chi connectivity index (χ2n) is 24.7. The molecule has 8 aliphatic carbocycles. The minimum atomic E-state index is -4.56. The third kappa shape index (κ3) is 7.49. The first-order valence-corrected chi connectivity index (χ1v) is 24.8. The number of alkyl halides is 3. The molecule has 1 nitrogen and oxygen atoms in total. The standard InChI is InChI=1S/C60H68F3N/c1-35-9-11-50(43-21-45(56(3,4)5)25-47(23-43)58-29-37-15-38(30-58)17-39(16-37)31-58)52(13-35)54-27-49(60(61,62)63)28-55(64-54)53-14-36(2)10-12-51(53)44-22-46(57(6,7)8)26-48(24-44)59-32-40-18-41(33-59)20-42(19-40)34-59/h9-14,21-28,37-42H,15-20,29-34H2,1-8H3. The molecule has 13 rings (SSSR count). The summed E-state index contributed by atoms with van der Waals surface area (Å²) in [4.78, 5) is 5.34. The van der Waals surface area contributed by atoms with Gasteiger partial charge in [0, 0.05) is 11.1 Å². The fraction of sp³-hybridized carbons (Fsp3) is 0.517. The van der Waals surface area contributed by atoms with Gasteiger partial charge < -0.3 is 0 Å². The maximum absolute atomic E-state index is 15.4. The van der Waals surface area contributed by atoms with Gasteiger partial charge in [0.1, 0.15) is 0 Å². The number of benzene rings is 4. The molecule has 0 aliphatic heterocycles. The fourth-order valence-electron chi connectivity index (χ4n) is 15.2. The zero-order chi connectivity index (χ0) is 44.7. The molecule has 0 radical (unpaired) electrons. The topological polar surface area (TPSA) is 12.9 Å². The number of aryl methyl sites for hydroxylation is 2. The highest BCUT2D eigenvalue weighted by Gasteiger charge is 2.53. The van der Waals surface area contributed by atoms with Crippen molar-refractivity contribution in [2.24, 2.45) is 35.5 Å². The minimum absolute atomic E-state index is 0.0963. The Bertz CT molecular complexity index is 2420.